The Morgan fingerprint density at radius 1 is 1.50 bits per heavy atom. The Balaban J connectivity index is 1.92. The molecule has 0 radical (unpaired) electrons. The lowest BCUT2D eigenvalue weighted by Gasteiger charge is -2.45. The lowest BCUT2D eigenvalue weighted by atomic mass is 9.57. The highest BCUT2D eigenvalue weighted by Crippen LogP contribution is 2.49. The summed E-state index contributed by atoms with van der Waals surface area (Å²) >= 11 is 0. The van der Waals surface area contributed by atoms with E-state index in [0.717, 1.165) is 30.8 Å². The summed E-state index contributed by atoms with van der Waals surface area (Å²) in [5, 5.41) is 13.4. The number of nitrogen functional groups attached to an aromatic ring is 1. The van der Waals surface area contributed by atoms with E-state index in [1.807, 2.05) is 25.2 Å². The molecular weight excluding hydrogens is 250 g/mol. The van der Waals surface area contributed by atoms with Gasteiger partial charge in [0.15, 0.2) is 5.82 Å². The number of benzene rings is 1. The van der Waals surface area contributed by atoms with Crippen molar-refractivity contribution in [1.82, 2.24) is 14.8 Å². The molecule has 5 nitrogen and oxygen atoms in total. The van der Waals surface area contributed by atoms with Crippen LogP contribution in [0.3, 0.4) is 0 Å². The van der Waals surface area contributed by atoms with Gasteiger partial charge in [-0.25, -0.2) is 4.98 Å². The summed E-state index contributed by atoms with van der Waals surface area (Å²) in [5.74, 6) is 0.950. The molecule has 5 heteroatoms. The number of anilines is 1. The second-order valence-corrected chi connectivity index (χ2v) is 5.65. The van der Waals surface area contributed by atoms with Gasteiger partial charge in [-0.3, -0.25) is 4.68 Å². The Morgan fingerprint density at radius 3 is 2.90 bits per heavy atom. The Kier molecular flexibility index (Phi) is 2.94. The number of hydrogen-bond donors (Lipinski definition) is 1. The maximum Gasteiger partial charge on any atom is 0.151 e. The van der Waals surface area contributed by atoms with E-state index in [0.29, 0.717) is 0 Å². The molecule has 0 spiro atoms. The van der Waals surface area contributed by atoms with Crippen molar-refractivity contribution in [2.45, 2.75) is 24.7 Å². The van der Waals surface area contributed by atoms with Crippen molar-refractivity contribution in [3.8, 4) is 6.07 Å². The molecule has 20 heavy (non-hydrogen) atoms. The zero-order chi connectivity index (χ0) is 14.2. The SMILES string of the molecule is Cn1cnc(CC2(c3cccc(N)c3)CC(C#N)C2)n1. The van der Waals surface area contributed by atoms with Crippen molar-refractivity contribution in [2.75, 3.05) is 5.73 Å². The minimum Gasteiger partial charge on any atom is -0.399 e. The Labute approximate surface area is 118 Å². The zero-order valence-corrected chi connectivity index (χ0v) is 11.5. The molecule has 0 bridgehead atoms. The molecule has 1 saturated carbocycles. The number of rotatable bonds is 3. The minimum absolute atomic E-state index is 0.0445. The molecule has 0 amide bonds. The first-order valence-electron chi connectivity index (χ1n) is 6.71. The van der Waals surface area contributed by atoms with E-state index in [2.05, 4.69) is 22.2 Å². The standard InChI is InChI=1S/C15H17N5/c1-20-10-18-14(19-20)8-15(6-11(7-15)9-16)12-3-2-4-13(17)5-12/h2-5,10-11H,6-8,17H2,1H3. The molecular formula is C15H17N5. The molecule has 3 rings (SSSR count). The van der Waals surface area contributed by atoms with Crippen LogP contribution in [0.2, 0.25) is 0 Å². The van der Waals surface area contributed by atoms with Crippen LogP contribution in [0.15, 0.2) is 30.6 Å². The number of aromatic nitrogens is 3. The fourth-order valence-corrected chi connectivity index (χ4v) is 3.09. The molecule has 2 N–H and O–H groups in total. The molecule has 0 saturated heterocycles. The molecule has 1 aliphatic carbocycles. The van der Waals surface area contributed by atoms with Crippen molar-refractivity contribution in [1.29, 1.82) is 5.26 Å². The molecule has 1 heterocycles. The largest absolute Gasteiger partial charge is 0.399 e. The predicted octanol–water partition coefficient (Wildman–Crippen LogP) is 1.81. The van der Waals surface area contributed by atoms with Crippen LogP contribution in [-0.4, -0.2) is 14.8 Å². The highest BCUT2D eigenvalue weighted by Gasteiger charge is 2.46. The predicted molar refractivity (Wildman–Crippen MR) is 75.6 cm³/mol. The summed E-state index contributed by atoms with van der Waals surface area (Å²) < 4.78 is 1.71. The summed E-state index contributed by atoms with van der Waals surface area (Å²) in [6, 6.07) is 10.3. The highest BCUT2D eigenvalue weighted by molar-refractivity contribution is 5.45. The van der Waals surface area contributed by atoms with Crippen molar-refractivity contribution < 1.29 is 0 Å². The van der Waals surface area contributed by atoms with E-state index in [-0.39, 0.29) is 11.3 Å². The fraction of sp³-hybridized carbons (Fsp3) is 0.400. The summed E-state index contributed by atoms with van der Waals surface area (Å²) in [4.78, 5) is 4.32. The molecule has 0 aliphatic heterocycles. The van der Waals surface area contributed by atoms with Crippen LogP contribution in [0.25, 0.3) is 0 Å². The first-order chi connectivity index (χ1) is 9.61. The summed E-state index contributed by atoms with van der Waals surface area (Å²) in [7, 11) is 1.86. The van der Waals surface area contributed by atoms with Crippen LogP contribution in [-0.2, 0) is 18.9 Å². The van der Waals surface area contributed by atoms with Gasteiger partial charge in [0.2, 0.25) is 0 Å². The van der Waals surface area contributed by atoms with Crippen LogP contribution >= 0.6 is 0 Å². The minimum atomic E-state index is -0.0445. The second-order valence-electron chi connectivity index (χ2n) is 5.65. The first-order valence-corrected chi connectivity index (χ1v) is 6.71. The van der Waals surface area contributed by atoms with Crippen LogP contribution in [0, 0.1) is 17.2 Å². The van der Waals surface area contributed by atoms with E-state index >= 15 is 0 Å². The molecule has 102 valence electrons. The fourth-order valence-electron chi connectivity index (χ4n) is 3.09. The number of nitrogens with two attached hydrogens (primary N) is 1. The Hall–Kier alpha value is -2.35. The van der Waals surface area contributed by atoms with Gasteiger partial charge in [0, 0.05) is 30.5 Å². The third-order valence-electron chi connectivity index (χ3n) is 4.10. The van der Waals surface area contributed by atoms with Crippen molar-refractivity contribution in [2.24, 2.45) is 13.0 Å². The Morgan fingerprint density at radius 2 is 2.30 bits per heavy atom. The topological polar surface area (TPSA) is 80.5 Å². The maximum absolute atomic E-state index is 9.08. The molecule has 1 aromatic heterocycles. The van der Waals surface area contributed by atoms with E-state index in [1.165, 1.54) is 5.56 Å². The number of nitrogens with zero attached hydrogens (tertiary/aromatic N) is 4. The molecule has 2 aromatic rings. The average Bonchev–Trinajstić information content (AvgIpc) is 2.78. The van der Waals surface area contributed by atoms with Crippen LogP contribution in [0.1, 0.15) is 24.2 Å². The normalized spacial score (nSPS) is 24.9. The number of nitriles is 1. The van der Waals surface area contributed by atoms with E-state index < -0.39 is 0 Å². The summed E-state index contributed by atoms with van der Waals surface area (Å²) in [6.07, 6.45) is 4.18. The third-order valence-corrected chi connectivity index (χ3v) is 4.10. The lowest BCUT2D eigenvalue weighted by molar-refractivity contribution is 0.180. The number of aryl methyl sites for hydroxylation is 1. The van der Waals surface area contributed by atoms with Gasteiger partial charge in [0.05, 0.1) is 6.07 Å². The molecule has 1 aliphatic rings. The molecule has 1 aromatic carbocycles. The van der Waals surface area contributed by atoms with Gasteiger partial charge >= 0.3 is 0 Å². The van der Waals surface area contributed by atoms with Gasteiger partial charge in [-0.2, -0.15) is 10.4 Å². The molecule has 0 atom stereocenters. The van der Waals surface area contributed by atoms with Gasteiger partial charge in [-0.05, 0) is 30.5 Å². The smallest absolute Gasteiger partial charge is 0.151 e. The van der Waals surface area contributed by atoms with Crippen molar-refractivity contribution in [3.63, 3.8) is 0 Å². The van der Waals surface area contributed by atoms with Gasteiger partial charge in [-0.15, -0.1) is 0 Å². The average molecular weight is 267 g/mol. The second kappa shape index (κ2) is 4.64. The number of hydrogen-bond acceptors (Lipinski definition) is 4. The molecule has 1 fully saturated rings. The monoisotopic (exact) mass is 267 g/mol. The summed E-state index contributed by atoms with van der Waals surface area (Å²) in [5.41, 5.74) is 7.81. The van der Waals surface area contributed by atoms with E-state index in [4.69, 9.17) is 11.0 Å². The zero-order valence-electron chi connectivity index (χ0n) is 11.5. The van der Waals surface area contributed by atoms with E-state index in [9.17, 15) is 0 Å². The quantitative estimate of drug-likeness (QED) is 0.860. The summed E-state index contributed by atoms with van der Waals surface area (Å²) in [6.45, 7) is 0. The van der Waals surface area contributed by atoms with Crippen molar-refractivity contribution >= 4 is 5.69 Å². The van der Waals surface area contributed by atoms with Crippen LogP contribution in [0.4, 0.5) is 5.69 Å². The van der Waals surface area contributed by atoms with Gasteiger partial charge in [0.1, 0.15) is 6.33 Å². The maximum atomic E-state index is 9.08. The van der Waals surface area contributed by atoms with Gasteiger partial charge in [-0.1, -0.05) is 12.1 Å². The molecule has 0 unspecified atom stereocenters. The van der Waals surface area contributed by atoms with Gasteiger partial charge < -0.3 is 5.73 Å². The van der Waals surface area contributed by atoms with E-state index in [1.54, 1.807) is 11.0 Å². The van der Waals surface area contributed by atoms with Gasteiger partial charge in [0.25, 0.3) is 0 Å². The van der Waals surface area contributed by atoms with Crippen LogP contribution in [0.5, 0.6) is 0 Å². The van der Waals surface area contributed by atoms with Crippen molar-refractivity contribution in [3.05, 3.63) is 42.0 Å². The highest BCUT2D eigenvalue weighted by atomic mass is 15.3. The first kappa shape index (κ1) is 12.7. The Bertz CT molecular complexity index is 661. The lowest BCUT2D eigenvalue weighted by Crippen LogP contribution is -2.43. The van der Waals surface area contributed by atoms with Crippen LogP contribution < -0.4 is 5.73 Å². The third kappa shape index (κ3) is 2.14.